The van der Waals surface area contributed by atoms with Crippen molar-refractivity contribution in [1.29, 1.82) is 0 Å². The Labute approximate surface area is 119 Å². The minimum atomic E-state index is -0.330. The number of carbonyl (C=O) groups is 2. The maximum atomic E-state index is 13.2. The van der Waals surface area contributed by atoms with E-state index in [4.69, 9.17) is 0 Å². The lowest BCUT2D eigenvalue weighted by atomic mass is 10.1. The fourth-order valence-corrected chi connectivity index (χ4v) is 2.63. The Kier molecular flexibility index (Phi) is 4.31. The highest BCUT2D eigenvalue weighted by Gasteiger charge is 2.32. The van der Waals surface area contributed by atoms with Crippen molar-refractivity contribution in [3.63, 3.8) is 0 Å². The first-order valence-corrected chi connectivity index (χ1v) is 6.82. The molecule has 0 bridgehead atoms. The molecule has 1 aliphatic heterocycles. The van der Waals surface area contributed by atoms with Crippen LogP contribution in [0.5, 0.6) is 0 Å². The topological polar surface area (TPSA) is 49.4 Å². The van der Waals surface area contributed by atoms with Gasteiger partial charge >= 0.3 is 0 Å². The van der Waals surface area contributed by atoms with Crippen LogP contribution in [0.1, 0.15) is 18.9 Å². The zero-order chi connectivity index (χ0) is 14.0. The van der Waals surface area contributed by atoms with Crippen LogP contribution in [0.2, 0.25) is 0 Å². The Balaban J connectivity index is 2.17. The van der Waals surface area contributed by atoms with Crippen LogP contribution in [0.15, 0.2) is 22.7 Å². The fourth-order valence-electron chi connectivity index (χ4n) is 2.20. The molecular formula is C13H14BrFN2O2. The van der Waals surface area contributed by atoms with E-state index in [0.717, 1.165) is 5.56 Å². The van der Waals surface area contributed by atoms with E-state index >= 15 is 0 Å². The van der Waals surface area contributed by atoms with E-state index in [0.29, 0.717) is 17.4 Å². The molecule has 0 radical (unpaired) electrons. The molecule has 0 aliphatic carbocycles. The molecule has 2 rings (SSSR count). The summed E-state index contributed by atoms with van der Waals surface area (Å²) in [6.07, 6.45) is 0.626. The van der Waals surface area contributed by atoms with Crippen molar-refractivity contribution >= 4 is 27.7 Å². The fraction of sp³-hybridized carbons (Fsp3) is 0.385. The average molecular weight is 329 g/mol. The van der Waals surface area contributed by atoms with Crippen LogP contribution in [0.25, 0.3) is 0 Å². The average Bonchev–Trinajstić information content (AvgIpc) is 2.33. The third kappa shape index (κ3) is 3.19. The zero-order valence-corrected chi connectivity index (χ0v) is 12.0. The lowest BCUT2D eigenvalue weighted by molar-refractivity contribution is -0.140. The normalized spacial score (nSPS) is 20.5. The van der Waals surface area contributed by atoms with Gasteiger partial charge in [-0.1, -0.05) is 13.0 Å². The standard InChI is InChI=1S/C13H14BrFN2O2/c1-2-11-13(19)16-12(18)7-17(11)6-8-3-4-10(15)9(14)5-8/h3-5,11H,2,6-7H2,1H3,(H,16,18,19). The quantitative estimate of drug-likeness (QED) is 0.861. The van der Waals surface area contributed by atoms with Gasteiger partial charge < -0.3 is 0 Å². The molecule has 1 aromatic rings. The Morgan fingerprint density at radius 3 is 2.84 bits per heavy atom. The summed E-state index contributed by atoms with van der Waals surface area (Å²) in [6, 6.07) is 4.37. The van der Waals surface area contributed by atoms with Crippen molar-refractivity contribution in [2.24, 2.45) is 0 Å². The summed E-state index contributed by atoms with van der Waals surface area (Å²) in [7, 11) is 0. The predicted molar refractivity (Wildman–Crippen MR) is 71.7 cm³/mol. The number of piperazine rings is 1. The van der Waals surface area contributed by atoms with Gasteiger partial charge in [0.05, 0.1) is 17.1 Å². The van der Waals surface area contributed by atoms with Gasteiger partial charge in [0.2, 0.25) is 11.8 Å². The predicted octanol–water partition coefficient (Wildman–Crippen LogP) is 1.83. The van der Waals surface area contributed by atoms with Crippen molar-refractivity contribution in [2.45, 2.75) is 25.9 Å². The highest BCUT2D eigenvalue weighted by Crippen LogP contribution is 2.20. The summed E-state index contributed by atoms with van der Waals surface area (Å²) < 4.78 is 13.5. The van der Waals surface area contributed by atoms with Crippen molar-refractivity contribution in [2.75, 3.05) is 6.54 Å². The van der Waals surface area contributed by atoms with Crippen molar-refractivity contribution in [3.8, 4) is 0 Å². The molecule has 1 N–H and O–H groups in total. The van der Waals surface area contributed by atoms with Crippen molar-refractivity contribution in [3.05, 3.63) is 34.1 Å². The number of halogens is 2. The van der Waals surface area contributed by atoms with E-state index in [2.05, 4.69) is 21.2 Å². The van der Waals surface area contributed by atoms with Gasteiger partial charge in [-0.3, -0.25) is 19.8 Å². The summed E-state index contributed by atoms with van der Waals surface area (Å²) in [4.78, 5) is 24.9. The van der Waals surface area contributed by atoms with E-state index in [1.165, 1.54) is 6.07 Å². The molecule has 1 aromatic carbocycles. The summed E-state index contributed by atoms with van der Waals surface area (Å²) in [5, 5.41) is 2.33. The van der Waals surface area contributed by atoms with Crippen molar-refractivity contribution < 1.29 is 14.0 Å². The molecule has 102 valence electrons. The number of benzene rings is 1. The van der Waals surface area contributed by atoms with E-state index in [-0.39, 0.29) is 30.2 Å². The van der Waals surface area contributed by atoms with E-state index in [9.17, 15) is 14.0 Å². The number of nitrogens with one attached hydrogen (secondary N) is 1. The summed E-state index contributed by atoms with van der Waals surface area (Å²) >= 11 is 3.13. The molecular weight excluding hydrogens is 315 g/mol. The molecule has 0 spiro atoms. The lowest BCUT2D eigenvalue weighted by Crippen LogP contribution is -2.57. The van der Waals surface area contributed by atoms with E-state index < -0.39 is 0 Å². The summed E-state index contributed by atoms with van der Waals surface area (Å²) in [6.45, 7) is 2.52. The second kappa shape index (κ2) is 5.79. The van der Waals surface area contributed by atoms with Crippen LogP contribution in [0.3, 0.4) is 0 Å². The van der Waals surface area contributed by atoms with Gasteiger partial charge in [0.15, 0.2) is 0 Å². The minimum absolute atomic E-state index is 0.180. The molecule has 1 atom stereocenters. The van der Waals surface area contributed by atoms with Crippen LogP contribution in [0.4, 0.5) is 4.39 Å². The Hall–Kier alpha value is -1.27. The molecule has 19 heavy (non-hydrogen) atoms. The van der Waals surface area contributed by atoms with Crippen LogP contribution in [0, 0.1) is 5.82 Å². The van der Waals surface area contributed by atoms with Gasteiger partial charge in [0.25, 0.3) is 0 Å². The van der Waals surface area contributed by atoms with Gasteiger partial charge in [-0.05, 0) is 40.0 Å². The molecule has 6 heteroatoms. The monoisotopic (exact) mass is 328 g/mol. The van der Waals surface area contributed by atoms with E-state index in [1.807, 2.05) is 6.92 Å². The molecule has 1 unspecified atom stereocenters. The third-order valence-corrected chi connectivity index (χ3v) is 3.72. The first-order chi connectivity index (χ1) is 9.01. The number of amides is 2. The Morgan fingerprint density at radius 2 is 2.21 bits per heavy atom. The smallest absolute Gasteiger partial charge is 0.243 e. The number of imide groups is 1. The summed E-state index contributed by atoms with van der Waals surface area (Å²) in [5.74, 6) is -0.890. The highest BCUT2D eigenvalue weighted by molar-refractivity contribution is 9.10. The number of hydrogen-bond acceptors (Lipinski definition) is 3. The maximum Gasteiger partial charge on any atom is 0.243 e. The molecule has 1 fully saturated rings. The highest BCUT2D eigenvalue weighted by atomic mass is 79.9. The number of hydrogen-bond donors (Lipinski definition) is 1. The van der Waals surface area contributed by atoms with Crippen LogP contribution >= 0.6 is 15.9 Å². The maximum absolute atomic E-state index is 13.2. The van der Waals surface area contributed by atoms with Crippen LogP contribution < -0.4 is 5.32 Å². The number of rotatable bonds is 3. The Morgan fingerprint density at radius 1 is 1.47 bits per heavy atom. The second-order valence-corrected chi connectivity index (χ2v) is 5.34. The zero-order valence-electron chi connectivity index (χ0n) is 10.5. The molecule has 4 nitrogen and oxygen atoms in total. The number of carbonyl (C=O) groups excluding carboxylic acids is 2. The molecule has 1 heterocycles. The van der Waals surface area contributed by atoms with E-state index in [1.54, 1.807) is 17.0 Å². The van der Waals surface area contributed by atoms with Gasteiger partial charge in [-0.15, -0.1) is 0 Å². The third-order valence-electron chi connectivity index (χ3n) is 3.11. The first-order valence-electron chi connectivity index (χ1n) is 6.03. The van der Waals surface area contributed by atoms with Crippen molar-refractivity contribution in [1.82, 2.24) is 10.2 Å². The molecule has 0 saturated carbocycles. The lowest BCUT2D eigenvalue weighted by Gasteiger charge is -2.33. The minimum Gasteiger partial charge on any atom is -0.294 e. The first kappa shape index (κ1) is 14.1. The van der Waals surface area contributed by atoms with Gasteiger partial charge in [-0.2, -0.15) is 0 Å². The molecule has 0 aromatic heterocycles. The number of nitrogens with zero attached hydrogens (tertiary/aromatic N) is 1. The SMILES string of the molecule is CCC1C(=O)NC(=O)CN1Cc1ccc(F)c(Br)c1. The molecule has 1 aliphatic rings. The Bertz CT molecular complexity index is 521. The largest absolute Gasteiger partial charge is 0.294 e. The van der Waals surface area contributed by atoms with Gasteiger partial charge in [-0.25, -0.2) is 4.39 Å². The molecule has 2 amide bonds. The summed E-state index contributed by atoms with van der Waals surface area (Å²) in [5.41, 5.74) is 0.856. The van der Waals surface area contributed by atoms with Crippen LogP contribution in [-0.4, -0.2) is 29.3 Å². The molecule has 1 saturated heterocycles. The van der Waals surface area contributed by atoms with Gasteiger partial charge in [0, 0.05) is 6.54 Å². The van der Waals surface area contributed by atoms with Crippen LogP contribution in [-0.2, 0) is 16.1 Å². The van der Waals surface area contributed by atoms with Gasteiger partial charge in [0.1, 0.15) is 5.82 Å². The second-order valence-electron chi connectivity index (χ2n) is 4.49.